The molecule has 3 aliphatic heterocycles. The van der Waals surface area contributed by atoms with Crippen LogP contribution in [0.25, 0.3) is 27.8 Å². The normalized spacial score (nSPS) is 23.8. The summed E-state index contributed by atoms with van der Waals surface area (Å²) in [6, 6.07) is 15.3. The first kappa shape index (κ1) is 41.7. The summed E-state index contributed by atoms with van der Waals surface area (Å²) in [6.07, 6.45) is 13.7. The smallest absolute Gasteiger partial charge is 0.278 e. The SMILES string of the molecule is C=CCn1c(=O)c2cnc(Nc3ccc4c(c3)CCN([C@H]3CC[C@H](CN5CCc6ccc7c(C8CCC(=O)NC8=O)noc7c6CC5)CC3)C4)nc2n1-c1ccc2c(n1)[C@@](O)(CC)CC2. The zero-order chi connectivity index (χ0) is 44.4. The Morgan fingerprint density at radius 1 is 0.908 bits per heavy atom. The first-order valence-electron chi connectivity index (χ1n) is 23.6. The summed E-state index contributed by atoms with van der Waals surface area (Å²) in [5.74, 6) is 0.627. The summed E-state index contributed by atoms with van der Waals surface area (Å²) in [5.41, 5.74) is 8.47. The van der Waals surface area contributed by atoms with E-state index in [1.807, 2.05) is 19.1 Å². The molecule has 1 saturated carbocycles. The van der Waals surface area contributed by atoms with Gasteiger partial charge in [-0.15, -0.1) is 6.58 Å². The third-order valence-corrected chi connectivity index (χ3v) is 15.2. The Morgan fingerprint density at radius 2 is 1.72 bits per heavy atom. The average molecular weight is 877 g/mol. The van der Waals surface area contributed by atoms with Gasteiger partial charge in [-0.3, -0.25) is 24.6 Å². The number of aliphatic hydroxyl groups is 1. The molecule has 4 aromatic heterocycles. The Bertz CT molecular complexity index is 2930. The molecule has 65 heavy (non-hydrogen) atoms. The van der Waals surface area contributed by atoms with E-state index in [9.17, 15) is 19.5 Å². The van der Waals surface area contributed by atoms with Crippen molar-refractivity contribution in [2.24, 2.45) is 5.92 Å². The fraction of sp³-hybridized carbons (Fsp3) is 0.460. The largest absolute Gasteiger partial charge is 0.384 e. The zero-order valence-electron chi connectivity index (χ0n) is 37.0. The van der Waals surface area contributed by atoms with Crippen LogP contribution in [-0.4, -0.2) is 88.4 Å². The summed E-state index contributed by atoms with van der Waals surface area (Å²) < 4.78 is 9.22. The molecule has 1 unspecified atom stereocenters. The van der Waals surface area contributed by atoms with E-state index in [1.54, 1.807) is 21.6 Å². The number of aromatic nitrogens is 6. The standard InChI is InChI=1S/C50H56N10O5/c1-3-22-59-48(63)40-27-51-49(55-46(40)60(59)41-15-9-32-17-21-50(64,4-2)45(32)53-41)52-35-10-7-34-29-58(25-19-33(34)26-35)36-11-5-30(6-12-36)28-57-23-18-31-8-13-38-43(39-14-16-42(61)54-47(39)62)56-65-44(38)37(31)20-24-57/h3,7-10,13,15,26-27,30,36,39,64H,1,4-6,11-12,14,16-25,28-29H2,2H3,(H,51,52,55)(H,54,61,62)/t30-,36-,39?,50-/m1/s1. The number of benzene rings is 2. The van der Waals surface area contributed by atoms with Gasteiger partial charge in [0.05, 0.1) is 18.2 Å². The summed E-state index contributed by atoms with van der Waals surface area (Å²) in [5, 5.41) is 22.9. The lowest BCUT2D eigenvalue weighted by atomic mass is 9.84. The number of aryl methyl sites for hydroxylation is 1. The molecule has 0 spiro atoms. The van der Waals surface area contributed by atoms with Crippen LogP contribution in [0.4, 0.5) is 11.6 Å². The Balaban J connectivity index is 0.715. The Hall–Kier alpha value is -6.03. The van der Waals surface area contributed by atoms with Crippen molar-refractivity contribution < 1.29 is 19.2 Å². The summed E-state index contributed by atoms with van der Waals surface area (Å²) >= 11 is 0. The first-order valence-corrected chi connectivity index (χ1v) is 23.6. The quantitative estimate of drug-likeness (QED) is 0.106. The van der Waals surface area contributed by atoms with Crippen LogP contribution in [0.5, 0.6) is 0 Å². The fourth-order valence-electron chi connectivity index (χ4n) is 11.4. The van der Waals surface area contributed by atoms with Gasteiger partial charge in [0, 0.05) is 68.0 Å². The van der Waals surface area contributed by atoms with Gasteiger partial charge in [0.25, 0.3) is 5.56 Å². The summed E-state index contributed by atoms with van der Waals surface area (Å²) in [7, 11) is 0. The van der Waals surface area contributed by atoms with Crippen molar-refractivity contribution in [3.63, 3.8) is 0 Å². The van der Waals surface area contributed by atoms with Gasteiger partial charge in [0.1, 0.15) is 16.7 Å². The molecule has 0 bridgehead atoms. The maximum absolute atomic E-state index is 13.6. The molecule has 2 fully saturated rings. The first-order chi connectivity index (χ1) is 31.7. The van der Waals surface area contributed by atoms with E-state index in [4.69, 9.17) is 14.5 Å². The van der Waals surface area contributed by atoms with Gasteiger partial charge in [-0.1, -0.05) is 36.4 Å². The Labute approximate surface area is 376 Å². The van der Waals surface area contributed by atoms with Crippen LogP contribution < -0.4 is 16.2 Å². The zero-order valence-corrected chi connectivity index (χ0v) is 37.0. The van der Waals surface area contributed by atoms with Crippen molar-refractivity contribution in [3.05, 3.63) is 111 Å². The van der Waals surface area contributed by atoms with E-state index in [0.29, 0.717) is 71.8 Å². The second-order valence-corrected chi connectivity index (χ2v) is 18.9. The van der Waals surface area contributed by atoms with Crippen molar-refractivity contribution in [2.75, 3.05) is 31.5 Å². The van der Waals surface area contributed by atoms with Crippen molar-refractivity contribution in [3.8, 4) is 5.82 Å². The molecule has 336 valence electrons. The molecule has 6 aromatic rings. The predicted molar refractivity (Wildman–Crippen MR) is 246 cm³/mol. The minimum atomic E-state index is -0.989. The van der Waals surface area contributed by atoms with Crippen LogP contribution in [0, 0.1) is 5.92 Å². The highest BCUT2D eigenvalue weighted by Crippen LogP contribution is 2.39. The number of amides is 2. The average Bonchev–Trinajstić information content (AvgIpc) is 3.93. The van der Waals surface area contributed by atoms with Crippen LogP contribution in [0.1, 0.15) is 103 Å². The van der Waals surface area contributed by atoms with E-state index in [1.165, 1.54) is 47.9 Å². The van der Waals surface area contributed by atoms with Crippen LogP contribution in [0.3, 0.4) is 0 Å². The summed E-state index contributed by atoms with van der Waals surface area (Å²) in [4.78, 5) is 57.7. The third-order valence-electron chi connectivity index (χ3n) is 15.2. The molecule has 15 nitrogen and oxygen atoms in total. The number of anilines is 2. The molecule has 1 saturated heterocycles. The number of piperidine rings is 1. The van der Waals surface area contributed by atoms with Crippen LogP contribution in [-0.2, 0) is 54.0 Å². The van der Waals surface area contributed by atoms with E-state index >= 15 is 0 Å². The number of rotatable bonds is 10. The predicted octanol–water partition coefficient (Wildman–Crippen LogP) is 6.13. The second-order valence-electron chi connectivity index (χ2n) is 18.9. The van der Waals surface area contributed by atoms with Crippen molar-refractivity contribution >= 4 is 45.5 Å². The molecule has 3 N–H and O–H groups in total. The minimum absolute atomic E-state index is 0.225. The number of carbonyl (C=O) groups is 2. The van der Waals surface area contributed by atoms with Crippen LogP contribution in [0.2, 0.25) is 0 Å². The van der Waals surface area contributed by atoms with Crippen molar-refractivity contribution in [2.45, 2.75) is 115 Å². The molecule has 11 rings (SSSR count). The lowest BCUT2D eigenvalue weighted by molar-refractivity contribution is -0.134. The molecule has 2 aliphatic carbocycles. The van der Waals surface area contributed by atoms with Gasteiger partial charge in [-0.2, -0.15) is 4.98 Å². The molecule has 5 aliphatic rings. The van der Waals surface area contributed by atoms with Gasteiger partial charge >= 0.3 is 0 Å². The number of carbonyl (C=O) groups excluding carboxylic acids is 2. The van der Waals surface area contributed by atoms with E-state index in [0.717, 1.165) is 80.6 Å². The molecule has 2 aromatic carbocycles. The van der Waals surface area contributed by atoms with E-state index in [-0.39, 0.29) is 23.9 Å². The van der Waals surface area contributed by atoms with E-state index in [2.05, 4.69) is 67.5 Å². The number of nitrogens with zero attached hydrogens (tertiary/aromatic N) is 8. The van der Waals surface area contributed by atoms with Crippen molar-refractivity contribution in [1.29, 1.82) is 0 Å². The number of pyridine rings is 1. The molecular weight excluding hydrogens is 821 g/mol. The van der Waals surface area contributed by atoms with Gasteiger partial charge in [-0.05, 0) is 123 Å². The number of hydrogen-bond acceptors (Lipinski definition) is 12. The minimum Gasteiger partial charge on any atom is -0.384 e. The Kier molecular flexibility index (Phi) is 10.7. The van der Waals surface area contributed by atoms with Crippen LogP contribution >= 0.6 is 0 Å². The van der Waals surface area contributed by atoms with Gasteiger partial charge in [0.2, 0.25) is 17.8 Å². The molecule has 7 heterocycles. The number of nitrogens with one attached hydrogen (secondary N) is 2. The maximum atomic E-state index is 13.6. The molecule has 2 amide bonds. The highest BCUT2D eigenvalue weighted by molar-refractivity contribution is 6.02. The monoisotopic (exact) mass is 876 g/mol. The molecular formula is C50H56N10O5. The molecule has 0 radical (unpaired) electrons. The maximum Gasteiger partial charge on any atom is 0.278 e. The third kappa shape index (κ3) is 7.56. The van der Waals surface area contributed by atoms with E-state index < -0.39 is 11.5 Å². The molecule has 15 heteroatoms. The summed E-state index contributed by atoms with van der Waals surface area (Å²) in [6.45, 7) is 11.2. The highest BCUT2D eigenvalue weighted by Gasteiger charge is 2.38. The van der Waals surface area contributed by atoms with Gasteiger partial charge in [0.15, 0.2) is 17.0 Å². The topological polar surface area (TPSA) is 177 Å². The number of fused-ring (bicyclic) bond motifs is 6. The number of hydrogen-bond donors (Lipinski definition) is 3. The fourth-order valence-corrected chi connectivity index (χ4v) is 11.4. The van der Waals surface area contributed by atoms with Crippen LogP contribution in [0.15, 0.2) is 70.6 Å². The number of allylic oxidation sites excluding steroid dienone is 1. The second kappa shape index (κ2) is 16.8. The Morgan fingerprint density at radius 3 is 2.55 bits per heavy atom. The van der Waals surface area contributed by atoms with Crippen molar-refractivity contribution in [1.82, 2.24) is 44.6 Å². The molecule has 2 atom stereocenters. The number of imide groups is 1. The lowest BCUT2D eigenvalue weighted by Gasteiger charge is -2.40. The lowest BCUT2D eigenvalue weighted by Crippen LogP contribution is -2.42. The highest BCUT2D eigenvalue weighted by atomic mass is 16.5. The van der Waals surface area contributed by atoms with Gasteiger partial charge < -0.3 is 19.8 Å². The van der Waals surface area contributed by atoms with Gasteiger partial charge in [-0.25, -0.2) is 19.3 Å².